The molecule has 1 fully saturated rings. The van der Waals surface area contributed by atoms with E-state index in [1.807, 2.05) is 6.92 Å². The van der Waals surface area contributed by atoms with E-state index >= 15 is 0 Å². The Kier molecular flexibility index (Phi) is 6.73. The molecule has 1 amide bonds. The highest BCUT2D eigenvalue weighted by atomic mass is 16.6. The molecular weight excluding hydrogens is 358 g/mol. The first-order valence-corrected chi connectivity index (χ1v) is 9.42. The Hall–Kier alpha value is -2.77. The molecule has 1 atom stereocenters. The number of ether oxygens (including phenoxy) is 1. The number of nitrogens with one attached hydrogen (secondary N) is 1. The number of rotatable bonds is 7. The normalized spacial score (nSPS) is 15.8. The number of carbonyl (C=O) groups is 1. The number of carbonyl (C=O) groups excluding carboxylic acids is 1. The standard InChI is InChI=1S/C21H25N3O4/c1-16-6-8-17(9-7-16)20(23-10-12-28-13-11-23)15-22-21(25)14-18-4-2-3-5-19(18)24(26)27/h2-9,20H,10-15H2,1H3,(H,22,25). The number of nitro benzene ring substituents is 1. The van der Waals surface area contributed by atoms with Crippen LogP contribution in [-0.2, 0) is 16.0 Å². The Morgan fingerprint density at radius 1 is 1.18 bits per heavy atom. The van der Waals surface area contributed by atoms with E-state index in [1.54, 1.807) is 18.2 Å². The number of amides is 1. The highest BCUT2D eigenvalue weighted by Crippen LogP contribution is 2.22. The summed E-state index contributed by atoms with van der Waals surface area (Å²) in [5.74, 6) is -0.223. The molecule has 3 rings (SSSR count). The average molecular weight is 383 g/mol. The van der Waals surface area contributed by atoms with Crippen molar-refractivity contribution < 1.29 is 14.5 Å². The quantitative estimate of drug-likeness (QED) is 0.587. The number of aryl methyl sites for hydroxylation is 1. The lowest BCUT2D eigenvalue weighted by molar-refractivity contribution is -0.385. The van der Waals surface area contributed by atoms with Gasteiger partial charge in [0.25, 0.3) is 5.69 Å². The van der Waals surface area contributed by atoms with E-state index < -0.39 is 4.92 Å². The minimum absolute atomic E-state index is 0.0130. The third kappa shape index (κ3) is 5.15. The lowest BCUT2D eigenvalue weighted by Gasteiger charge is -2.35. The minimum atomic E-state index is -0.453. The second kappa shape index (κ2) is 9.43. The maximum absolute atomic E-state index is 12.5. The molecule has 1 heterocycles. The molecule has 148 valence electrons. The molecule has 0 saturated carbocycles. The van der Waals surface area contributed by atoms with Crippen LogP contribution in [0, 0.1) is 17.0 Å². The minimum Gasteiger partial charge on any atom is -0.379 e. The highest BCUT2D eigenvalue weighted by Gasteiger charge is 2.23. The topological polar surface area (TPSA) is 84.7 Å². The van der Waals surface area contributed by atoms with E-state index in [-0.39, 0.29) is 24.1 Å². The molecule has 0 bridgehead atoms. The van der Waals surface area contributed by atoms with Crippen LogP contribution in [0.3, 0.4) is 0 Å². The van der Waals surface area contributed by atoms with Crippen LogP contribution in [0.5, 0.6) is 0 Å². The number of nitrogens with zero attached hydrogens (tertiary/aromatic N) is 2. The first kappa shape index (κ1) is 20.0. The summed E-state index contributed by atoms with van der Waals surface area (Å²) in [6.45, 7) is 5.45. The molecule has 2 aromatic rings. The van der Waals surface area contributed by atoms with Crippen LogP contribution in [0.2, 0.25) is 0 Å². The zero-order chi connectivity index (χ0) is 19.9. The Bertz CT molecular complexity index is 817. The van der Waals surface area contributed by atoms with Gasteiger partial charge in [-0.2, -0.15) is 0 Å². The lowest BCUT2D eigenvalue weighted by Crippen LogP contribution is -2.44. The number of nitro groups is 1. The highest BCUT2D eigenvalue weighted by molar-refractivity contribution is 5.79. The Balaban J connectivity index is 1.68. The van der Waals surface area contributed by atoms with Gasteiger partial charge in [-0.15, -0.1) is 0 Å². The fourth-order valence-corrected chi connectivity index (χ4v) is 3.42. The second-order valence-electron chi connectivity index (χ2n) is 6.94. The van der Waals surface area contributed by atoms with Crippen molar-refractivity contribution in [3.63, 3.8) is 0 Å². The fraction of sp³-hybridized carbons (Fsp3) is 0.381. The summed E-state index contributed by atoms with van der Waals surface area (Å²) in [6, 6.07) is 14.7. The van der Waals surface area contributed by atoms with Gasteiger partial charge in [0.2, 0.25) is 5.91 Å². The predicted octanol–water partition coefficient (Wildman–Crippen LogP) is 2.64. The number of para-hydroxylation sites is 1. The maximum atomic E-state index is 12.5. The molecule has 1 saturated heterocycles. The monoisotopic (exact) mass is 383 g/mol. The van der Waals surface area contributed by atoms with E-state index in [4.69, 9.17) is 4.74 Å². The lowest BCUT2D eigenvalue weighted by atomic mass is 10.0. The number of benzene rings is 2. The van der Waals surface area contributed by atoms with Gasteiger partial charge >= 0.3 is 0 Å². The van der Waals surface area contributed by atoms with Gasteiger partial charge in [0.15, 0.2) is 0 Å². The molecule has 1 unspecified atom stereocenters. The first-order chi connectivity index (χ1) is 13.5. The van der Waals surface area contributed by atoms with Crippen LogP contribution in [0.1, 0.15) is 22.7 Å². The van der Waals surface area contributed by atoms with Gasteiger partial charge in [0.05, 0.1) is 30.6 Å². The molecule has 0 spiro atoms. The summed E-state index contributed by atoms with van der Waals surface area (Å²) in [4.78, 5) is 25.5. The fourth-order valence-electron chi connectivity index (χ4n) is 3.42. The molecule has 1 aliphatic rings. The maximum Gasteiger partial charge on any atom is 0.273 e. The van der Waals surface area contributed by atoms with Crippen molar-refractivity contribution >= 4 is 11.6 Å². The molecule has 7 nitrogen and oxygen atoms in total. The van der Waals surface area contributed by atoms with Crippen LogP contribution in [0.25, 0.3) is 0 Å². The van der Waals surface area contributed by atoms with Crippen molar-refractivity contribution in [3.8, 4) is 0 Å². The van der Waals surface area contributed by atoms with E-state index in [2.05, 4.69) is 34.5 Å². The van der Waals surface area contributed by atoms with Crippen molar-refractivity contribution in [1.82, 2.24) is 10.2 Å². The van der Waals surface area contributed by atoms with Crippen LogP contribution in [0.15, 0.2) is 48.5 Å². The van der Waals surface area contributed by atoms with Crippen LogP contribution in [-0.4, -0.2) is 48.6 Å². The van der Waals surface area contributed by atoms with Gasteiger partial charge in [-0.3, -0.25) is 19.8 Å². The Morgan fingerprint density at radius 2 is 1.86 bits per heavy atom. The van der Waals surface area contributed by atoms with Crippen LogP contribution in [0.4, 0.5) is 5.69 Å². The molecule has 2 aromatic carbocycles. The SMILES string of the molecule is Cc1ccc(C(CNC(=O)Cc2ccccc2[N+](=O)[O-])N2CCOCC2)cc1. The zero-order valence-electron chi connectivity index (χ0n) is 16.0. The summed E-state index contributed by atoms with van der Waals surface area (Å²) in [5.41, 5.74) is 2.72. The third-order valence-corrected chi connectivity index (χ3v) is 4.98. The molecule has 7 heteroatoms. The van der Waals surface area contributed by atoms with Gasteiger partial charge in [0.1, 0.15) is 0 Å². The smallest absolute Gasteiger partial charge is 0.273 e. The third-order valence-electron chi connectivity index (χ3n) is 4.98. The van der Waals surface area contributed by atoms with Crippen LogP contribution >= 0.6 is 0 Å². The van der Waals surface area contributed by atoms with E-state index in [1.165, 1.54) is 11.6 Å². The Labute approximate surface area is 164 Å². The molecule has 0 aliphatic carbocycles. The predicted molar refractivity (Wildman–Crippen MR) is 106 cm³/mol. The number of hydrogen-bond acceptors (Lipinski definition) is 5. The van der Waals surface area contributed by atoms with Gasteiger partial charge in [-0.25, -0.2) is 0 Å². The van der Waals surface area contributed by atoms with E-state index in [0.29, 0.717) is 25.3 Å². The summed E-state index contributed by atoms with van der Waals surface area (Å²) < 4.78 is 5.45. The van der Waals surface area contributed by atoms with Crippen LogP contribution < -0.4 is 5.32 Å². The summed E-state index contributed by atoms with van der Waals surface area (Å²) >= 11 is 0. The van der Waals surface area contributed by atoms with Crippen molar-refractivity contribution in [3.05, 3.63) is 75.3 Å². The van der Waals surface area contributed by atoms with Crippen molar-refractivity contribution in [2.45, 2.75) is 19.4 Å². The molecular formula is C21H25N3O4. The van der Waals surface area contributed by atoms with Crippen molar-refractivity contribution in [1.29, 1.82) is 0 Å². The Morgan fingerprint density at radius 3 is 2.54 bits per heavy atom. The molecule has 1 aliphatic heterocycles. The second-order valence-corrected chi connectivity index (χ2v) is 6.94. The molecule has 1 N–H and O–H groups in total. The largest absolute Gasteiger partial charge is 0.379 e. The van der Waals surface area contributed by atoms with E-state index in [9.17, 15) is 14.9 Å². The summed E-state index contributed by atoms with van der Waals surface area (Å²) in [7, 11) is 0. The van der Waals surface area contributed by atoms with Crippen molar-refractivity contribution in [2.24, 2.45) is 0 Å². The van der Waals surface area contributed by atoms with Gasteiger partial charge in [0, 0.05) is 31.3 Å². The number of hydrogen-bond donors (Lipinski definition) is 1. The summed E-state index contributed by atoms with van der Waals surface area (Å²) in [6.07, 6.45) is -0.0130. The van der Waals surface area contributed by atoms with Gasteiger partial charge in [-0.05, 0) is 12.5 Å². The first-order valence-electron chi connectivity index (χ1n) is 9.42. The van der Waals surface area contributed by atoms with Gasteiger partial charge in [-0.1, -0.05) is 48.0 Å². The molecule has 0 radical (unpaired) electrons. The summed E-state index contributed by atoms with van der Waals surface area (Å²) in [5, 5.41) is 14.1. The molecule has 28 heavy (non-hydrogen) atoms. The number of morpholine rings is 1. The zero-order valence-corrected chi connectivity index (χ0v) is 16.0. The molecule has 0 aromatic heterocycles. The van der Waals surface area contributed by atoms with E-state index in [0.717, 1.165) is 18.7 Å². The van der Waals surface area contributed by atoms with Crippen molar-refractivity contribution in [2.75, 3.05) is 32.8 Å². The van der Waals surface area contributed by atoms with Gasteiger partial charge < -0.3 is 10.1 Å². The average Bonchev–Trinajstić information content (AvgIpc) is 2.70.